The number of nitrogens with zero attached hydrogens (tertiary/aromatic N) is 1. The van der Waals surface area contributed by atoms with Gasteiger partial charge in [0.2, 0.25) is 0 Å². The standard InChI is InChI=1S/C13H16ClN3O3S/c1-3-20-12-5-4-11(6-10(12)7-14)17-21(18,19)13-8-15-9(2)16-13/h4-6,8,17H,3,7H2,1-2H3,(H,15,16). The zero-order chi connectivity index (χ0) is 15.5. The number of rotatable bonds is 6. The molecule has 6 nitrogen and oxygen atoms in total. The van der Waals surface area contributed by atoms with Crippen LogP contribution in [0.25, 0.3) is 0 Å². The molecule has 0 bridgehead atoms. The summed E-state index contributed by atoms with van der Waals surface area (Å²) in [6.07, 6.45) is 1.27. The molecular weight excluding hydrogens is 314 g/mol. The van der Waals surface area contributed by atoms with Crippen molar-refractivity contribution in [3.8, 4) is 5.75 Å². The van der Waals surface area contributed by atoms with Crippen LogP contribution in [0.3, 0.4) is 0 Å². The van der Waals surface area contributed by atoms with Crippen LogP contribution >= 0.6 is 11.6 Å². The zero-order valence-corrected chi connectivity index (χ0v) is 13.3. The summed E-state index contributed by atoms with van der Waals surface area (Å²) in [5.74, 6) is 1.41. The predicted octanol–water partition coefficient (Wildman–Crippen LogP) is 2.66. The summed E-state index contributed by atoms with van der Waals surface area (Å²) in [6.45, 7) is 4.07. The van der Waals surface area contributed by atoms with Gasteiger partial charge in [0.05, 0.1) is 18.7 Å². The maximum Gasteiger partial charge on any atom is 0.278 e. The Morgan fingerprint density at radius 2 is 2.19 bits per heavy atom. The lowest BCUT2D eigenvalue weighted by Gasteiger charge is -2.11. The van der Waals surface area contributed by atoms with Crippen LogP contribution in [0.2, 0.25) is 0 Å². The summed E-state index contributed by atoms with van der Waals surface area (Å²) < 4.78 is 32.3. The molecule has 21 heavy (non-hydrogen) atoms. The molecule has 114 valence electrons. The molecule has 0 aliphatic heterocycles. The van der Waals surface area contributed by atoms with Gasteiger partial charge in [-0.1, -0.05) is 0 Å². The number of aromatic amines is 1. The van der Waals surface area contributed by atoms with E-state index < -0.39 is 10.0 Å². The van der Waals surface area contributed by atoms with Gasteiger partial charge in [0.25, 0.3) is 10.0 Å². The lowest BCUT2D eigenvalue weighted by molar-refractivity contribution is 0.337. The third kappa shape index (κ3) is 3.68. The number of hydrogen-bond donors (Lipinski definition) is 2. The molecule has 0 unspecified atom stereocenters. The van der Waals surface area contributed by atoms with E-state index in [4.69, 9.17) is 16.3 Å². The summed E-state index contributed by atoms with van der Waals surface area (Å²) >= 11 is 5.86. The van der Waals surface area contributed by atoms with Gasteiger partial charge in [0.15, 0.2) is 5.03 Å². The average molecular weight is 330 g/mol. The molecule has 2 N–H and O–H groups in total. The molecule has 0 saturated heterocycles. The van der Waals surface area contributed by atoms with Gasteiger partial charge < -0.3 is 9.72 Å². The molecule has 0 saturated carbocycles. The quantitative estimate of drug-likeness (QED) is 0.798. The highest BCUT2D eigenvalue weighted by atomic mass is 35.5. The molecule has 0 aliphatic carbocycles. The minimum Gasteiger partial charge on any atom is -0.494 e. The number of ether oxygens (including phenoxy) is 1. The Morgan fingerprint density at radius 1 is 1.43 bits per heavy atom. The van der Waals surface area contributed by atoms with E-state index in [0.717, 1.165) is 5.56 Å². The monoisotopic (exact) mass is 329 g/mol. The lowest BCUT2D eigenvalue weighted by atomic mass is 10.2. The fourth-order valence-electron chi connectivity index (χ4n) is 1.79. The highest BCUT2D eigenvalue weighted by Gasteiger charge is 2.17. The van der Waals surface area contributed by atoms with E-state index in [0.29, 0.717) is 23.9 Å². The van der Waals surface area contributed by atoms with Gasteiger partial charge in [-0.25, -0.2) is 4.98 Å². The number of benzene rings is 1. The number of nitrogens with one attached hydrogen (secondary N) is 2. The van der Waals surface area contributed by atoms with Crippen LogP contribution in [0.15, 0.2) is 29.4 Å². The number of halogens is 1. The van der Waals surface area contributed by atoms with E-state index >= 15 is 0 Å². The molecule has 0 radical (unpaired) electrons. The van der Waals surface area contributed by atoms with E-state index in [1.54, 1.807) is 25.1 Å². The second-order valence-corrected chi connectivity index (χ2v) is 6.25. The minimum absolute atomic E-state index is 0.0151. The van der Waals surface area contributed by atoms with E-state index in [1.165, 1.54) is 6.20 Å². The molecule has 2 rings (SSSR count). The van der Waals surface area contributed by atoms with Crippen LogP contribution < -0.4 is 9.46 Å². The summed E-state index contributed by atoms with van der Waals surface area (Å²) in [5, 5.41) is 0.0151. The maximum atomic E-state index is 12.2. The highest BCUT2D eigenvalue weighted by molar-refractivity contribution is 7.92. The van der Waals surface area contributed by atoms with Gasteiger partial charge in [-0.2, -0.15) is 8.42 Å². The van der Waals surface area contributed by atoms with Crippen molar-refractivity contribution >= 4 is 27.3 Å². The molecule has 1 heterocycles. The van der Waals surface area contributed by atoms with Gasteiger partial charge >= 0.3 is 0 Å². The van der Waals surface area contributed by atoms with Gasteiger partial charge in [0.1, 0.15) is 11.6 Å². The molecule has 2 aromatic rings. The number of H-pyrrole nitrogens is 1. The van der Waals surface area contributed by atoms with E-state index in [1.807, 2.05) is 6.92 Å². The van der Waals surface area contributed by atoms with Crippen LogP contribution in [-0.2, 0) is 15.9 Å². The highest BCUT2D eigenvalue weighted by Crippen LogP contribution is 2.25. The SMILES string of the molecule is CCOc1ccc(NS(=O)(=O)c2cnc(C)[nH]2)cc1CCl. The molecule has 1 aromatic heterocycles. The molecule has 1 aromatic carbocycles. The molecule has 0 aliphatic rings. The van der Waals surface area contributed by atoms with Crippen molar-refractivity contribution in [1.29, 1.82) is 0 Å². The first-order valence-electron chi connectivity index (χ1n) is 6.32. The van der Waals surface area contributed by atoms with Crippen LogP contribution in [0.5, 0.6) is 5.75 Å². The van der Waals surface area contributed by atoms with Crippen molar-refractivity contribution in [3.05, 3.63) is 35.8 Å². The first-order chi connectivity index (χ1) is 9.96. The van der Waals surface area contributed by atoms with E-state index in [-0.39, 0.29) is 10.9 Å². The number of alkyl halides is 1. The van der Waals surface area contributed by atoms with Gasteiger partial charge in [0, 0.05) is 11.3 Å². The minimum atomic E-state index is -3.69. The smallest absolute Gasteiger partial charge is 0.278 e. The molecule has 0 amide bonds. The van der Waals surface area contributed by atoms with Crippen molar-refractivity contribution in [2.24, 2.45) is 0 Å². The number of imidazole rings is 1. The normalized spacial score (nSPS) is 11.4. The Morgan fingerprint density at radius 3 is 2.76 bits per heavy atom. The van der Waals surface area contributed by atoms with Gasteiger partial charge in [-0.15, -0.1) is 11.6 Å². The van der Waals surface area contributed by atoms with Crippen LogP contribution in [0.4, 0.5) is 5.69 Å². The Kier molecular flexibility index (Phi) is 4.74. The number of anilines is 1. The second kappa shape index (κ2) is 6.36. The van der Waals surface area contributed by atoms with Crippen molar-refractivity contribution in [3.63, 3.8) is 0 Å². The van der Waals surface area contributed by atoms with Crippen molar-refractivity contribution < 1.29 is 13.2 Å². The number of hydrogen-bond acceptors (Lipinski definition) is 4. The number of aromatic nitrogens is 2. The van der Waals surface area contributed by atoms with E-state index in [2.05, 4.69) is 14.7 Å². The maximum absolute atomic E-state index is 12.2. The summed E-state index contributed by atoms with van der Waals surface area (Å²) in [4.78, 5) is 6.57. The van der Waals surface area contributed by atoms with Crippen molar-refractivity contribution in [1.82, 2.24) is 9.97 Å². The van der Waals surface area contributed by atoms with Crippen LogP contribution in [0, 0.1) is 6.92 Å². The Labute approximate surface area is 128 Å². The molecule has 0 fully saturated rings. The Hall–Kier alpha value is -1.73. The average Bonchev–Trinajstić information content (AvgIpc) is 2.88. The topological polar surface area (TPSA) is 84.1 Å². The molecule has 0 atom stereocenters. The molecular formula is C13H16ClN3O3S. The number of sulfonamides is 1. The third-order valence-corrected chi connectivity index (χ3v) is 4.30. The summed E-state index contributed by atoms with van der Waals surface area (Å²) in [5.41, 5.74) is 1.14. The summed E-state index contributed by atoms with van der Waals surface area (Å²) in [7, 11) is -3.69. The molecule has 0 spiro atoms. The van der Waals surface area contributed by atoms with Gasteiger partial charge in [-0.3, -0.25) is 4.72 Å². The van der Waals surface area contributed by atoms with Crippen molar-refractivity contribution in [2.45, 2.75) is 24.8 Å². The largest absolute Gasteiger partial charge is 0.494 e. The fraction of sp³-hybridized carbons (Fsp3) is 0.308. The third-order valence-electron chi connectivity index (χ3n) is 2.73. The first kappa shape index (κ1) is 15.7. The molecule has 8 heteroatoms. The Bertz CT molecular complexity index is 728. The number of aryl methyl sites for hydroxylation is 1. The Balaban J connectivity index is 2.27. The van der Waals surface area contributed by atoms with E-state index in [9.17, 15) is 8.42 Å². The van der Waals surface area contributed by atoms with Crippen LogP contribution in [0.1, 0.15) is 18.3 Å². The van der Waals surface area contributed by atoms with Gasteiger partial charge in [-0.05, 0) is 32.0 Å². The van der Waals surface area contributed by atoms with Crippen LogP contribution in [-0.4, -0.2) is 25.0 Å². The lowest BCUT2D eigenvalue weighted by Crippen LogP contribution is -2.13. The second-order valence-electron chi connectivity index (χ2n) is 4.33. The summed E-state index contributed by atoms with van der Waals surface area (Å²) in [6, 6.07) is 4.97. The van der Waals surface area contributed by atoms with Crippen molar-refractivity contribution in [2.75, 3.05) is 11.3 Å². The predicted molar refractivity (Wildman–Crippen MR) is 81.3 cm³/mol. The zero-order valence-electron chi connectivity index (χ0n) is 11.7. The first-order valence-corrected chi connectivity index (χ1v) is 8.34. The fourth-order valence-corrected chi connectivity index (χ4v) is 3.02.